The topological polar surface area (TPSA) is 98.4 Å². The van der Waals surface area contributed by atoms with E-state index in [0.29, 0.717) is 23.7 Å². The maximum Gasteiger partial charge on any atom is 0.290 e. The molecule has 0 radical (unpaired) electrons. The molecule has 1 aliphatic rings. The van der Waals surface area contributed by atoms with Gasteiger partial charge in [-0.1, -0.05) is 19.4 Å². The van der Waals surface area contributed by atoms with E-state index in [9.17, 15) is 14.7 Å². The van der Waals surface area contributed by atoms with Crippen molar-refractivity contribution in [1.82, 2.24) is 4.90 Å². The molecule has 0 aliphatic carbocycles. The number of nitrogens with zero attached hydrogens (tertiary/aromatic N) is 1. The Morgan fingerprint density at radius 3 is 2.65 bits per heavy atom. The molecule has 0 unspecified atom stereocenters. The van der Waals surface area contributed by atoms with Crippen LogP contribution in [0.4, 0.5) is 0 Å². The molecule has 2 aromatic rings. The first-order valence-corrected chi connectivity index (χ1v) is 10.1. The molecular formula is C23H27NO7. The van der Waals surface area contributed by atoms with Crippen LogP contribution in [0.5, 0.6) is 11.5 Å². The van der Waals surface area contributed by atoms with Crippen LogP contribution in [-0.2, 0) is 9.53 Å². The molecule has 31 heavy (non-hydrogen) atoms. The Morgan fingerprint density at radius 2 is 2.00 bits per heavy atom. The lowest BCUT2D eigenvalue weighted by molar-refractivity contribution is -0.130. The van der Waals surface area contributed by atoms with Gasteiger partial charge in [-0.15, -0.1) is 0 Å². The number of ether oxygens (including phenoxy) is 3. The van der Waals surface area contributed by atoms with E-state index in [2.05, 4.69) is 6.92 Å². The van der Waals surface area contributed by atoms with E-state index in [1.165, 1.54) is 31.4 Å². The number of unbranched alkanes of at least 4 members (excludes halogenated alkanes) is 1. The first-order valence-electron chi connectivity index (χ1n) is 10.1. The van der Waals surface area contributed by atoms with Crippen molar-refractivity contribution in [2.45, 2.75) is 25.8 Å². The maximum absolute atomic E-state index is 13.1. The summed E-state index contributed by atoms with van der Waals surface area (Å²) in [4.78, 5) is 27.3. The Labute approximate surface area is 181 Å². The third-order valence-electron chi connectivity index (χ3n) is 5.09. The quantitative estimate of drug-likeness (QED) is 0.430. The number of methoxy groups -OCH3 is 2. The predicted molar refractivity (Wildman–Crippen MR) is 112 cm³/mol. The van der Waals surface area contributed by atoms with E-state index in [1.807, 2.05) is 0 Å². The SMILES string of the molecule is CCCCOc1ccc([C@@H]2C(C(=O)c3ccco3)=C(O)C(=O)N2CCOC)cc1OC. The van der Waals surface area contributed by atoms with Gasteiger partial charge in [-0.2, -0.15) is 0 Å². The summed E-state index contributed by atoms with van der Waals surface area (Å²) in [5.41, 5.74) is 0.556. The van der Waals surface area contributed by atoms with Crippen molar-refractivity contribution >= 4 is 11.7 Å². The molecule has 1 aromatic carbocycles. The number of benzene rings is 1. The summed E-state index contributed by atoms with van der Waals surface area (Å²) >= 11 is 0. The molecule has 1 amide bonds. The van der Waals surface area contributed by atoms with Crippen LogP contribution in [0.2, 0.25) is 0 Å². The van der Waals surface area contributed by atoms with Gasteiger partial charge >= 0.3 is 0 Å². The lowest BCUT2D eigenvalue weighted by Crippen LogP contribution is -2.34. The fraction of sp³-hybridized carbons (Fsp3) is 0.391. The van der Waals surface area contributed by atoms with Gasteiger partial charge in [0.2, 0.25) is 5.78 Å². The average molecular weight is 429 g/mol. The Morgan fingerprint density at radius 1 is 1.19 bits per heavy atom. The highest BCUT2D eigenvalue weighted by atomic mass is 16.5. The first-order chi connectivity index (χ1) is 15.0. The smallest absolute Gasteiger partial charge is 0.290 e. The monoisotopic (exact) mass is 429 g/mol. The molecule has 0 spiro atoms. The molecule has 1 N–H and O–H groups in total. The van der Waals surface area contributed by atoms with Gasteiger partial charge in [0.15, 0.2) is 23.0 Å². The zero-order valence-corrected chi connectivity index (χ0v) is 17.9. The molecule has 2 heterocycles. The lowest BCUT2D eigenvalue weighted by atomic mass is 9.94. The van der Waals surface area contributed by atoms with Crippen molar-refractivity contribution < 1.29 is 33.3 Å². The predicted octanol–water partition coefficient (Wildman–Crippen LogP) is 3.69. The van der Waals surface area contributed by atoms with Crippen LogP contribution >= 0.6 is 0 Å². The van der Waals surface area contributed by atoms with E-state index in [1.54, 1.807) is 24.3 Å². The molecule has 0 saturated heterocycles. The van der Waals surface area contributed by atoms with Crippen molar-refractivity contribution in [1.29, 1.82) is 0 Å². The van der Waals surface area contributed by atoms with E-state index in [4.69, 9.17) is 18.6 Å². The van der Waals surface area contributed by atoms with Crippen molar-refractivity contribution in [3.05, 3.63) is 59.3 Å². The molecule has 0 fully saturated rings. The van der Waals surface area contributed by atoms with Gasteiger partial charge in [0.05, 0.1) is 38.2 Å². The molecule has 0 saturated carbocycles. The van der Waals surface area contributed by atoms with Crippen LogP contribution in [0.3, 0.4) is 0 Å². The van der Waals surface area contributed by atoms with Crippen LogP contribution in [0.1, 0.15) is 41.9 Å². The average Bonchev–Trinajstić information content (AvgIpc) is 3.40. The van der Waals surface area contributed by atoms with E-state index in [-0.39, 0.29) is 24.5 Å². The molecule has 166 valence electrons. The second kappa shape index (κ2) is 10.2. The van der Waals surface area contributed by atoms with E-state index in [0.717, 1.165) is 12.8 Å². The Balaban J connectivity index is 2.02. The standard InChI is InChI=1S/C23H27NO7/c1-4-5-11-30-16-9-8-15(14-18(16)29-3)20-19(21(25)17-7-6-12-31-17)22(26)23(27)24(20)10-13-28-2/h6-9,12,14,20,26H,4-5,10-11,13H2,1-3H3/t20-/m1/s1. The Bertz CT molecular complexity index is 949. The molecule has 1 aromatic heterocycles. The highest BCUT2D eigenvalue weighted by Gasteiger charge is 2.44. The fourth-order valence-electron chi connectivity index (χ4n) is 3.49. The zero-order valence-electron chi connectivity index (χ0n) is 17.9. The summed E-state index contributed by atoms with van der Waals surface area (Å²) in [5.74, 6) is -0.699. The number of furan rings is 1. The minimum absolute atomic E-state index is 0.0411. The van der Waals surface area contributed by atoms with Gasteiger partial charge in [0.1, 0.15) is 0 Å². The van der Waals surface area contributed by atoms with Gasteiger partial charge in [-0.25, -0.2) is 0 Å². The second-order valence-electron chi connectivity index (χ2n) is 7.07. The van der Waals surface area contributed by atoms with Crippen LogP contribution < -0.4 is 9.47 Å². The third-order valence-corrected chi connectivity index (χ3v) is 5.09. The van der Waals surface area contributed by atoms with Gasteiger partial charge < -0.3 is 28.6 Å². The lowest BCUT2D eigenvalue weighted by Gasteiger charge is -2.27. The highest BCUT2D eigenvalue weighted by Crippen LogP contribution is 2.41. The second-order valence-corrected chi connectivity index (χ2v) is 7.07. The van der Waals surface area contributed by atoms with E-state index < -0.39 is 23.5 Å². The molecule has 1 aliphatic heterocycles. The van der Waals surface area contributed by atoms with Gasteiger partial charge in [-0.05, 0) is 36.2 Å². The number of carbonyl (C=O) groups excluding carboxylic acids is 2. The number of hydrogen-bond acceptors (Lipinski definition) is 7. The van der Waals surface area contributed by atoms with Crippen molar-refractivity contribution in [3.63, 3.8) is 0 Å². The van der Waals surface area contributed by atoms with Crippen molar-refractivity contribution in [3.8, 4) is 11.5 Å². The molecule has 3 rings (SSSR count). The third kappa shape index (κ3) is 4.59. The van der Waals surface area contributed by atoms with Crippen LogP contribution in [-0.4, -0.2) is 55.7 Å². The summed E-state index contributed by atoms with van der Waals surface area (Å²) < 4.78 is 21.6. The van der Waals surface area contributed by atoms with Crippen LogP contribution in [0.15, 0.2) is 52.3 Å². The Hall–Kier alpha value is -3.26. The van der Waals surface area contributed by atoms with Gasteiger partial charge in [0.25, 0.3) is 5.91 Å². The molecular weight excluding hydrogens is 402 g/mol. The molecule has 8 heteroatoms. The number of ketones is 1. The largest absolute Gasteiger partial charge is 0.503 e. The Kier molecular flexibility index (Phi) is 7.36. The summed E-state index contributed by atoms with van der Waals surface area (Å²) in [5, 5.41) is 10.6. The van der Waals surface area contributed by atoms with Crippen molar-refractivity contribution in [2.24, 2.45) is 0 Å². The zero-order chi connectivity index (χ0) is 22.4. The number of Topliss-reactive ketones (excluding diaryl/α,β-unsaturated/α-hetero) is 1. The molecule has 8 nitrogen and oxygen atoms in total. The number of amides is 1. The summed E-state index contributed by atoms with van der Waals surface area (Å²) in [6, 6.07) is 7.46. The van der Waals surface area contributed by atoms with E-state index >= 15 is 0 Å². The number of aliphatic hydroxyl groups excluding tert-OH is 1. The molecule has 0 bridgehead atoms. The van der Waals surface area contributed by atoms with Crippen LogP contribution in [0.25, 0.3) is 0 Å². The number of aliphatic hydroxyl groups is 1. The fourth-order valence-corrected chi connectivity index (χ4v) is 3.49. The summed E-state index contributed by atoms with van der Waals surface area (Å²) in [6.07, 6.45) is 3.28. The van der Waals surface area contributed by atoms with Crippen molar-refractivity contribution in [2.75, 3.05) is 34.0 Å². The number of rotatable bonds is 11. The molecule has 1 atom stereocenters. The minimum Gasteiger partial charge on any atom is -0.503 e. The van der Waals surface area contributed by atoms with Gasteiger partial charge in [-0.3, -0.25) is 9.59 Å². The number of carbonyl (C=O) groups is 2. The summed E-state index contributed by atoms with van der Waals surface area (Å²) in [7, 11) is 3.04. The highest BCUT2D eigenvalue weighted by molar-refractivity contribution is 6.15. The first kappa shape index (κ1) is 22.4. The van der Waals surface area contributed by atoms with Gasteiger partial charge in [0, 0.05) is 13.7 Å². The van der Waals surface area contributed by atoms with Crippen LogP contribution in [0, 0.1) is 0 Å². The maximum atomic E-state index is 13.1. The normalized spacial score (nSPS) is 16.2. The minimum atomic E-state index is -0.821. The number of hydrogen-bond donors (Lipinski definition) is 1. The summed E-state index contributed by atoms with van der Waals surface area (Å²) in [6.45, 7) is 3.06.